The van der Waals surface area contributed by atoms with Gasteiger partial charge in [-0.15, -0.1) is 0 Å². The minimum atomic E-state index is -1.39. The number of allylic oxidation sites excluding steroid dienone is 1. The molecule has 6 heavy (non-hydrogen) atoms. The van der Waals surface area contributed by atoms with E-state index < -0.39 is 5.83 Å². The largest absolute Gasteiger partial charge is 0.294 e. The van der Waals surface area contributed by atoms with E-state index in [0.29, 0.717) is 0 Å². The molecule has 0 aromatic carbocycles. The average Bonchev–Trinajstić information content (AvgIpc) is 1.65. The first-order chi connectivity index (χ1) is 2.81. The highest BCUT2D eigenvalue weighted by atomic mass is 19.1. The van der Waals surface area contributed by atoms with Gasteiger partial charge >= 0.3 is 0 Å². The first-order valence-corrected chi connectivity index (χ1v) is 1.17. The summed E-state index contributed by atoms with van der Waals surface area (Å²) in [7, 11) is 0. The number of hydrogen-bond acceptors (Lipinski definition) is 2. The second kappa shape index (κ2) is 2.30. The Labute approximate surface area is 33.3 Å². The van der Waals surface area contributed by atoms with Crippen LogP contribution in [0.3, 0.4) is 0 Å². The van der Waals surface area contributed by atoms with Crippen LogP contribution in [-0.2, 0) is 9.59 Å². The van der Waals surface area contributed by atoms with Crippen LogP contribution in [0.4, 0.5) is 4.39 Å². The lowest BCUT2D eigenvalue weighted by atomic mass is 10.7. The molecule has 0 amide bonds. The number of halogens is 1. The maximum atomic E-state index is 11.0. The van der Waals surface area contributed by atoms with Crippen LogP contribution < -0.4 is 0 Å². The molecule has 0 fully saturated rings. The van der Waals surface area contributed by atoms with Crippen molar-refractivity contribution in [2.24, 2.45) is 0 Å². The molecular weight excluding hydrogens is 87.0 g/mol. The average molecular weight is 88.0 g/mol. The fourth-order valence-electron chi connectivity index (χ4n) is 0.0241. The molecule has 3 heteroatoms. The Kier molecular flexibility index (Phi) is 1.93. The van der Waals surface area contributed by atoms with Crippen LogP contribution in [-0.4, -0.2) is 12.2 Å². The predicted octanol–water partition coefficient (Wildman–Crippen LogP) is -0.130. The van der Waals surface area contributed by atoms with Gasteiger partial charge in [0.05, 0.1) is 0 Å². The van der Waals surface area contributed by atoms with E-state index in [1.165, 1.54) is 0 Å². The molecule has 0 heterocycles. The van der Waals surface area contributed by atoms with Gasteiger partial charge in [-0.05, 0) is 0 Å². The monoisotopic (exact) mass is 88.0 g/mol. The number of rotatable bonds is 1. The van der Waals surface area contributed by atoms with Crippen molar-refractivity contribution in [1.82, 2.24) is 0 Å². The van der Waals surface area contributed by atoms with Crippen LogP contribution in [0.25, 0.3) is 0 Å². The molecule has 32 valence electrons. The number of hydrogen-bond donors (Lipinski definition) is 0. The van der Waals surface area contributed by atoms with E-state index in [9.17, 15) is 4.39 Å². The molecule has 0 aliphatic rings. The summed E-state index contributed by atoms with van der Waals surface area (Å²) in [5, 5.41) is 0. The first kappa shape index (κ1) is 5.05. The molecule has 0 aromatic heterocycles. The number of carbonyl (C=O) groups is 1. The molecular formula is C3HFO2. The molecule has 0 saturated heterocycles. The van der Waals surface area contributed by atoms with E-state index in [0.717, 1.165) is 5.94 Å². The highest BCUT2D eigenvalue weighted by molar-refractivity contribution is 5.82. The van der Waals surface area contributed by atoms with Gasteiger partial charge in [-0.25, -0.2) is 4.79 Å². The normalized spacial score (nSPS) is 6.17. The van der Waals surface area contributed by atoms with Crippen LogP contribution in [0.5, 0.6) is 0 Å². The lowest BCUT2D eigenvalue weighted by Gasteiger charge is -1.57. The summed E-state index contributed by atoms with van der Waals surface area (Å²) in [6.07, 6.45) is -0.201. The van der Waals surface area contributed by atoms with Gasteiger partial charge in [0.2, 0.25) is 5.83 Å². The summed E-state index contributed by atoms with van der Waals surface area (Å²) in [5.74, 6) is -0.647. The van der Waals surface area contributed by atoms with E-state index in [-0.39, 0.29) is 6.29 Å². The lowest BCUT2D eigenvalue weighted by molar-refractivity contribution is -0.105. The molecule has 0 N–H and O–H groups in total. The van der Waals surface area contributed by atoms with Crippen LogP contribution in [0.1, 0.15) is 0 Å². The fourth-order valence-corrected chi connectivity index (χ4v) is 0.0241. The van der Waals surface area contributed by atoms with E-state index >= 15 is 0 Å². The van der Waals surface area contributed by atoms with Gasteiger partial charge in [0.25, 0.3) is 0 Å². The van der Waals surface area contributed by atoms with Gasteiger partial charge in [0, 0.05) is 0 Å². The van der Waals surface area contributed by atoms with E-state index in [4.69, 9.17) is 9.59 Å². The molecule has 0 aromatic rings. The van der Waals surface area contributed by atoms with Crippen molar-refractivity contribution in [2.45, 2.75) is 0 Å². The van der Waals surface area contributed by atoms with Crippen molar-refractivity contribution >= 4 is 12.2 Å². The van der Waals surface area contributed by atoms with Crippen molar-refractivity contribution in [1.29, 1.82) is 0 Å². The third-order valence-corrected chi connectivity index (χ3v) is 0.201. The highest BCUT2D eigenvalue weighted by Gasteiger charge is 1.82. The first-order valence-electron chi connectivity index (χ1n) is 1.17. The molecule has 0 aliphatic carbocycles. The van der Waals surface area contributed by atoms with Gasteiger partial charge in [-0.2, -0.15) is 4.39 Å². The summed E-state index contributed by atoms with van der Waals surface area (Å²) < 4.78 is 11.0. The summed E-state index contributed by atoms with van der Waals surface area (Å²) in [4.78, 5) is 18.0. The van der Waals surface area contributed by atoms with Crippen LogP contribution >= 0.6 is 0 Å². The molecule has 0 unspecified atom stereocenters. The van der Waals surface area contributed by atoms with Crippen LogP contribution in [0.2, 0.25) is 0 Å². The number of aldehydes is 1. The molecule has 0 radical (unpaired) electrons. The van der Waals surface area contributed by atoms with Crippen molar-refractivity contribution < 1.29 is 14.0 Å². The fraction of sp³-hybridized carbons (Fsp3) is 0. The summed E-state index contributed by atoms with van der Waals surface area (Å²) in [5.41, 5.74) is 0. The zero-order valence-corrected chi connectivity index (χ0v) is 2.77. The molecule has 0 spiro atoms. The quantitative estimate of drug-likeness (QED) is 0.254. The zero-order chi connectivity index (χ0) is 4.99. The van der Waals surface area contributed by atoms with Crippen molar-refractivity contribution in [3.63, 3.8) is 0 Å². The van der Waals surface area contributed by atoms with Gasteiger partial charge in [-0.3, -0.25) is 4.79 Å². The van der Waals surface area contributed by atoms with Crippen molar-refractivity contribution in [2.75, 3.05) is 0 Å². The smallest absolute Gasteiger partial charge is 0.245 e. The Balaban J connectivity index is 3.86. The standard InChI is InChI=1S/C3HFO2/c4-3(1-5)2-6/h1H. The van der Waals surface area contributed by atoms with E-state index in [1.807, 2.05) is 0 Å². The molecule has 0 saturated carbocycles. The van der Waals surface area contributed by atoms with E-state index in [1.54, 1.807) is 0 Å². The Bertz CT molecular complexity index is 101. The van der Waals surface area contributed by atoms with Gasteiger partial charge in [0.15, 0.2) is 12.2 Å². The van der Waals surface area contributed by atoms with Gasteiger partial charge in [0.1, 0.15) is 0 Å². The minimum Gasteiger partial charge on any atom is -0.294 e. The summed E-state index contributed by atoms with van der Waals surface area (Å²) in [6, 6.07) is 0. The SMILES string of the molecule is O=C=C(F)C=O. The Hall–Kier alpha value is -0.950. The zero-order valence-electron chi connectivity index (χ0n) is 2.77. The van der Waals surface area contributed by atoms with Crippen molar-refractivity contribution in [3.8, 4) is 0 Å². The third kappa shape index (κ3) is 1.38. The second-order valence-electron chi connectivity index (χ2n) is 0.568. The maximum absolute atomic E-state index is 11.0. The Morgan fingerprint density at radius 3 is 2.33 bits per heavy atom. The van der Waals surface area contributed by atoms with Gasteiger partial charge in [-0.1, -0.05) is 0 Å². The summed E-state index contributed by atoms with van der Waals surface area (Å²) >= 11 is 0. The predicted molar refractivity (Wildman–Crippen MR) is 16.4 cm³/mol. The molecule has 0 bridgehead atoms. The minimum absolute atomic E-state index is 0.201. The van der Waals surface area contributed by atoms with Crippen LogP contribution in [0.15, 0.2) is 5.83 Å². The Morgan fingerprint density at radius 1 is 1.83 bits per heavy atom. The topological polar surface area (TPSA) is 34.1 Å². The second-order valence-corrected chi connectivity index (χ2v) is 0.568. The molecule has 0 atom stereocenters. The van der Waals surface area contributed by atoms with Gasteiger partial charge < -0.3 is 0 Å². The number of carbonyl (C=O) groups excluding carboxylic acids is 2. The maximum Gasteiger partial charge on any atom is 0.245 e. The molecule has 0 rings (SSSR count). The highest BCUT2D eigenvalue weighted by Crippen LogP contribution is 1.76. The van der Waals surface area contributed by atoms with Crippen LogP contribution in [0, 0.1) is 0 Å². The summed E-state index contributed by atoms with van der Waals surface area (Å²) in [6.45, 7) is 0. The Morgan fingerprint density at radius 2 is 2.33 bits per heavy atom. The van der Waals surface area contributed by atoms with Crippen molar-refractivity contribution in [3.05, 3.63) is 5.83 Å². The lowest BCUT2D eigenvalue weighted by Crippen LogP contribution is -1.69. The van der Waals surface area contributed by atoms with E-state index in [2.05, 4.69) is 0 Å². The molecule has 0 aliphatic heterocycles. The third-order valence-electron chi connectivity index (χ3n) is 0.201. The molecule has 2 nitrogen and oxygen atoms in total.